The summed E-state index contributed by atoms with van der Waals surface area (Å²) in [5, 5.41) is 7.14. The number of rotatable bonds is 2. The largest absolute Gasteiger partial charge is 0.497 e. The van der Waals surface area contributed by atoms with Crippen LogP contribution in [-0.4, -0.2) is 56.7 Å². The molecule has 0 aromatic heterocycles. The lowest BCUT2D eigenvalue weighted by atomic mass is 9.96. The molecule has 2 amide bonds. The van der Waals surface area contributed by atoms with E-state index in [0.29, 0.717) is 49.5 Å². The summed E-state index contributed by atoms with van der Waals surface area (Å²) in [5.74, 6) is 0.128. The number of amides is 2. The van der Waals surface area contributed by atoms with Gasteiger partial charge in [0.1, 0.15) is 22.0 Å². The molecule has 0 atom stereocenters. The summed E-state index contributed by atoms with van der Waals surface area (Å²) in [7, 11) is -2.16. The number of fused-ring (bicyclic) bond motifs is 1. The first-order chi connectivity index (χ1) is 13.3. The first kappa shape index (κ1) is 18.7. The van der Waals surface area contributed by atoms with Crippen LogP contribution in [0.2, 0.25) is 0 Å². The minimum Gasteiger partial charge on any atom is -0.497 e. The van der Waals surface area contributed by atoms with Gasteiger partial charge in [0.15, 0.2) is 0 Å². The number of carbonyl (C=O) groups is 2. The molecule has 1 aromatic carbocycles. The Bertz CT molecular complexity index is 966. The Morgan fingerprint density at radius 1 is 1.25 bits per heavy atom. The number of likely N-dealkylation sites (tertiary alicyclic amines) is 1. The van der Waals surface area contributed by atoms with E-state index in [2.05, 4.69) is 20.6 Å². The normalized spacial score (nSPS) is 22.5. The van der Waals surface area contributed by atoms with Crippen molar-refractivity contribution >= 4 is 33.2 Å². The minimum absolute atomic E-state index is 0.171. The number of piperidine rings is 1. The Balaban J connectivity index is 1.51. The zero-order valence-corrected chi connectivity index (χ0v) is 16.1. The van der Waals surface area contributed by atoms with Crippen LogP contribution in [0.5, 0.6) is 5.75 Å². The number of nitrogens with zero attached hydrogens (tertiary/aromatic N) is 2. The van der Waals surface area contributed by atoms with Gasteiger partial charge in [-0.25, -0.2) is 13.8 Å². The predicted octanol–water partition coefficient (Wildman–Crippen LogP) is -0.0163. The lowest BCUT2D eigenvalue weighted by Crippen LogP contribution is -2.62. The topological polar surface area (TPSA) is 129 Å². The summed E-state index contributed by atoms with van der Waals surface area (Å²) in [6, 6.07) is 4.76. The first-order valence-electron chi connectivity index (χ1n) is 8.97. The van der Waals surface area contributed by atoms with Crippen molar-refractivity contribution in [2.45, 2.75) is 36.2 Å². The van der Waals surface area contributed by atoms with Gasteiger partial charge in [0.25, 0.3) is 5.91 Å². The van der Waals surface area contributed by atoms with E-state index >= 15 is 0 Å². The van der Waals surface area contributed by atoms with E-state index in [9.17, 15) is 18.0 Å². The standard InChI is InChI=1S/C17H21N5O5S/c1-27-11-2-4-14-13(10-11)18-17(21-28(14,25)26)6-8-22(9-7-17)16(24)12-3-5-15(23)20-19-12/h2,4,10,18,21H,3,5-9H2,1H3,(H,20,23). The summed E-state index contributed by atoms with van der Waals surface area (Å²) >= 11 is 0. The van der Waals surface area contributed by atoms with Gasteiger partial charge in [0.2, 0.25) is 15.9 Å². The SMILES string of the molecule is COc1ccc2c(c1)NC1(CCN(C(=O)C3=NNC(=O)CC3)CC1)NS2(=O)=O. The van der Waals surface area contributed by atoms with Gasteiger partial charge in [-0.15, -0.1) is 0 Å². The first-order valence-corrected chi connectivity index (χ1v) is 10.5. The molecule has 4 rings (SSSR count). The number of methoxy groups -OCH3 is 1. The number of nitrogens with one attached hydrogen (secondary N) is 3. The van der Waals surface area contributed by atoms with Crippen LogP contribution in [0, 0.1) is 0 Å². The molecule has 3 heterocycles. The summed E-state index contributed by atoms with van der Waals surface area (Å²) in [4.78, 5) is 25.6. The van der Waals surface area contributed by atoms with E-state index in [0.717, 1.165) is 0 Å². The molecule has 0 aliphatic carbocycles. The number of hydrogen-bond acceptors (Lipinski definition) is 7. The Hall–Kier alpha value is -2.66. The number of hydrazone groups is 1. The minimum atomic E-state index is -3.68. The molecular weight excluding hydrogens is 386 g/mol. The molecule has 1 spiro atoms. The van der Waals surface area contributed by atoms with Crippen LogP contribution in [0.25, 0.3) is 0 Å². The van der Waals surface area contributed by atoms with E-state index in [1.807, 2.05) is 0 Å². The fraction of sp³-hybridized carbons (Fsp3) is 0.471. The van der Waals surface area contributed by atoms with E-state index in [4.69, 9.17) is 4.74 Å². The van der Waals surface area contributed by atoms with Crippen molar-refractivity contribution in [3.05, 3.63) is 18.2 Å². The molecule has 150 valence electrons. The predicted molar refractivity (Wildman–Crippen MR) is 100 cm³/mol. The van der Waals surface area contributed by atoms with Crippen LogP contribution in [0.4, 0.5) is 5.69 Å². The van der Waals surface area contributed by atoms with Crippen LogP contribution in [0.3, 0.4) is 0 Å². The number of benzene rings is 1. The second-order valence-electron chi connectivity index (χ2n) is 7.06. The van der Waals surface area contributed by atoms with Crippen molar-refractivity contribution in [3.8, 4) is 5.75 Å². The molecule has 0 unspecified atom stereocenters. The molecule has 3 aliphatic heterocycles. The van der Waals surface area contributed by atoms with Crippen LogP contribution in [0.1, 0.15) is 25.7 Å². The van der Waals surface area contributed by atoms with Crippen LogP contribution in [0.15, 0.2) is 28.2 Å². The van der Waals surface area contributed by atoms with Gasteiger partial charge in [0, 0.05) is 44.8 Å². The van der Waals surface area contributed by atoms with Gasteiger partial charge < -0.3 is 15.0 Å². The van der Waals surface area contributed by atoms with Gasteiger partial charge in [-0.1, -0.05) is 0 Å². The average molecular weight is 407 g/mol. The Morgan fingerprint density at radius 2 is 2.00 bits per heavy atom. The van der Waals surface area contributed by atoms with Gasteiger partial charge in [-0.2, -0.15) is 9.82 Å². The number of ether oxygens (including phenoxy) is 1. The van der Waals surface area contributed by atoms with Crippen molar-refractivity contribution in [3.63, 3.8) is 0 Å². The fourth-order valence-electron chi connectivity index (χ4n) is 3.69. The number of carbonyl (C=O) groups excluding carboxylic acids is 2. The highest BCUT2D eigenvalue weighted by molar-refractivity contribution is 7.89. The number of anilines is 1. The van der Waals surface area contributed by atoms with Gasteiger partial charge in [0.05, 0.1) is 12.8 Å². The quantitative estimate of drug-likeness (QED) is 0.632. The zero-order chi connectivity index (χ0) is 19.9. The Kier molecular flexibility index (Phi) is 4.50. The molecule has 0 radical (unpaired) electrons. The summed E-state index contributed by atoms with van der Waals surface area (Å²) in [5.41, 5.74) is 2.27. The smallest absolute Gasteiger partial charge is 0.270 e. The van der Waals surface area contributed by atoms with Crippen molar-refractivity contribution < 1.29 is 22.7 Å². The Morgan fingerprint density at radius 3 is 2.64 bits per heavy atom. The highest BCUT2D eigenvalue weighted by Crippen LogP contribution is 2.36. The molecule has 3 N–H and O–H groups in total. The molecular formula is C17H21N5O5S. The maximum absolute atomic E-state index is 12.7. The monoisotopic (exact) mass is 407 g/mol. The molecule has 0 bridgehead atoms. The molecule has 1 saturated heterocycles. The molecule has 10 nitrogen and oxygen atoms in total. The van der Waals surface area contributed by atoms with E-state index in [-0.39, 0.29) is 23.1 Å². The Labute approximate surface area is 162 Å². The molecule has 11 heteroatoms. The maximum atomic E-state index is 12.7. The van der Waals surface area contributed by atoms with Crippen molar-refractivity contribution in [2.24, 2.45) is 5.10 Å². The number of sulfonamides is 1. The summed E-state index contributed by atoms with van der Waals surface area (Å²) in [6.45, 7) is 0.723. The zero-order valence-electron chi connectivity index (χ0n) is 15.3. The second-order valence-corrected chi connectivity index (χ2v) is 8.71. The van der Waals surface area contributed by atoms with Crippen LogP contribution in [-0.2, 0) is 19.6 Å². The van der Waals surface area contributed by atoms with E-state index in [1.165, 1.54) is 13.2 Å². The fourth-order valence-corrected chi connectivity index (χ4v) is 5.22. The average Bonchev–Trinajstić information content (AvgIpc) is 2.67. The van der Waals surface area contributed by atoms with Crippen LogP contribution < -0.4 is 20.2 Å². The number of hydrogen-bond donors (Lipinski definition) is 3. The van der Waals surface area contributed by atoms with Gasteiger partial charge >= 0.3 is 0 Å². The molecule has 28 heavy (non-hydrogen) atoms. The third-order valence-electron chi connectivity index (χ3n) is 5.24. The molecule has 1 fully saturated rings. The van der Waals surface area contributed by atoms with Crippen molar-refractivity contribution in [1.82, 2.24) is 15.0 Å². The van der Waals surface area contributed by atoms with Gasteiger partial charge in [-0.05, 0) is 12.1 Å². The van der Waals surface area contributed by atoms with Crippen LogP contribution >= 0.6 is 0 Å². The van der Waals surface area contributed by atoms with E-state index in [1.54, 1.807) is 17.0 Å². The highest BCUT2D eigenvalue weighted by Gasteiger charge is 2.44. The lowest BCUT2D eigenvalue weighted by molar-refractivity contribution is -0.126. The van der Waals surface area contributed by atoms with E-state index < -0.39 is 15.7 Å². The second kappa shape index (κ2) is 6.74. The third kappa shape index (κ3) is 3.31. The third-order valence-corrected chi connectivity index (χ3v) is 6.83. The molecule has 1 aromatic rings. The van der Waals surface area contributed by atoms with Crippen molar-refractivity contribution in [2.75, 3.05) is 25.5 Å². The molecule has 0 saturated carbocycles. The maximum Gasteiger partial charge on any atom is 0.270 e. The highest BCUT2D eigenvalue weighted by atomic mass is 32.2. The van der Waals surface area contributed by atoms with Crippen molar-refractivity contribution in [1.29, 1.82) is 0 Å². The summed E-state index contributed by atoms with van der Waals surface area (Å²) < 4.78 is 33.4. The molecule has 3 aliphatic rings. The van der Waals surface area contributed by atoms with Gasteiger partial charge in [-0.3, -0.25) is 9.59 Å². The summed E-state index contributed by atoms with van der Waals surface area (Å²) in [6.07, 6.45) is 1.34. The lowest BCUT2D eigenvalue weighted by Gasteiger charge is -2.45.